The number of benzene rings is 2. The third-order valence-electron chi connectivity index (χ3n) is 4.08. The van der Waals surface area contributed by atoms with E-state index in [1.807, 2.05) is 24.3 Å². The van der Waals surface area contributed by atoms with Crippen molar-refractivity contribution in [1.29, 1.82) is 0 Å². The van der Waals surface area contributed by atoms with Crippen molar-refractivity contribution in [3.8, 4) is 11.1 Å². The fourth-order valence-electron chi connectivity index (χ4n) is 2.68. The van der Waals surface area contributed by atoms with E-state index < -0.39 is 15.7 Å². The van der Waals surface area contributed by atoms with Gasteiger partial charge in [0.1, 0.15) is 0 Å². The van der Waals surface area contributed by atoms with Gasteiger partial charge in [0.25, 0.3) is 5.91 Å². The number of aryl methyl sites for hydroxylation is 1. The predicted octanol–water partition coefficient (Wildman–Crippen LogP) is 2.60. The summed E-state index contributed by atoms with van der Waals surface area (Å²) in [5, 5.41) is 0. The fourth-order valence-corrected chi connectivity index (χ4v) is 3.58. The van der Waals surface area contributed by atoms with Gasteiger partial charge in [-0.1, -0.05) is 38.1 Å². The Bertz CT molecular complexity index is 972. The molecule has 0 aromatic heterocycles. The molecule has 2 rings (SSSR count). The maximum absolute atomic E-state index is 12.3. The molecular formula is C19H23N3O3S. The van der Waals surface area contributed by atoms with Crippen LogP contribution in [0.1, 0.15) is 41.3 Å². The van der Waals surface area contributed by atoms with E-state index in [-0.39, 0.29) is 16.4 Å². The Morgan fingerprint density at radius 2 is 1.65 bits per heavy atom. The maximum Gasteiger partial charge on any atom is 0.280 e. The fraction of sp³-hybridized carbons (Fsp3) is 0.263. The summed E-state index contributed by atoms with van der Waals surface area (Å²) < 4.78 is 24.6. The molecule has 0 fully saturated rings. The Morgan fingerprint density at radius 3 is 2.12 bits per heavy atom. The van der Waals surface area contributed by atoms with Gasteiger partial charge in [0.05, 0.1) is 4.90 Å². The van der Waals surface area contributed by atoms with Crippen molar-refractivity contribution < 1.29 is 13.2 Å². The summed E-state index contributed by atoms with van der Waals surface area (Å²) >= 11 is 0. The lowest BCUT2D eigenvalue weighted by Gasteiger charge is -2.13. The minimum atomic E-state index is -3.57. The third kappa shape index (κ3) is 4.29. The van der Waals surface area contributed by atoms with Crippen molar-refractivity contribution >= 4 is 21.7 Å². The molecule has 0 unspecified atom stereocenters. The van der Waals surface area contributed by atoms with Crippen LogP contribution in [0.5, 0.6) is 0 Å². The molecule has 0 bridgehead atoms. The van der Waals surface area contributed by atoms with Crippen LogP contribution >= 0.6 is 0 Å². The summed E-state index contributed by atoms with van der Waals surface area (Å²) in [7, 11) is -3.57. The van der Waals surface area contributed by atoms with Crippen LogP contribution in [0.15, 0.2) is 46.3 Å². The minimum absolute atomic E-state index is 0.0644. The largest absolute Gasteiger partial charge is 0.370 e. The minimum Gasteiger partial charge on any atom is -0.370 e. The van der Waals surface area contributed by atoms with Gasteiger partial charge in [-0.2, -0.15) is 4.99 Å². The van der Waals surface area contributed by atoms with E-state index in [9.17, 15) is 13.2 Å². The molecule has 0 saturated heterocycles. The van der Waals surface area contributed by atoms with Gasteiger partial charge in [-0.3, -0.25) is 4.79 Å². The summed E-state index contributed by atoms with van der Waals surface area (Å²) in [4.78, 5) is 15.7. The number of guanidine groups is 1. The number of aliphatic imine (C=N–C) groups is 1. The molecule has 138 valence electrons. The molecule has 0 aliphatic rings. The van der Waals surface area contributed by atoms with Gasteiger partial charge < -0.3 is 11.5 Å². The zero-order valence-electron chi connectivity index (χ0n) is 15.3. The Hall–Kier alpha value is -2.67. The van der Waals surface area contributed by atoms with Gasteiger partial charge in [-0.05, 0) is 41.7 Å². The summed E-state index contributed by atoms with van der Waals surface area (Å²) in [6.07, 6.45) is 1.11. The molecule has 2 aromatic carbocycles. The van der Waals surface area contributed by atoms with Crippen LogP contribution in [-0.4, -0.2) is 26.5 Å². The highest BCUT2D eigenvalue weighted by atomic mass is 32.2. The summed E-state index contributed by atoms with van der Waals surface area (Å²) in [6, 6.07) is 10.7. The lowest BCUT2D eigenvalue weighted by molar-refractivity contribution is 0.100. The Kier molecular flexibility index (Phi) is 5.51. The van der Waals surface area contributed by atoms with Crippen LogP contribution in [0.4, 0.5) is 0 Å². The summed E-state index contributed by atoms with van der Waals surface area (Å²) in [5.74, 6) is -0.669. The van der Waals surface area contributed by atoms with Gasteiger partial charge in [0.2, 0.25) is 0 Å². The second-order valence-corrected chi connectivity index (χ2v) is 8.54. The van der Waals surface area contributed by atoms with E-state index in [0.29, 0.717) is 17.0 Å². The topological polar surface area (TPSA) is 116 Å². The maximum atomic E-state index is 12.3. The average molecular weight is 373 g/mol. The van der Waals surface area contributed by atoms with E-state index in [4.69, 9.17) is 11.5 Å². The van der Waals surface area contributed by atoms with Gasteiger partial charge in [-0.25, -0.2) is 8.42 Å². The number of hydrogen-bond acceptors (Lipinski definition) is 3. The van der Waals surface area contributed by atoms with E-state index >= 15 is 0 Å². The summed E-state index contributed by atoms with van der Waals surface area (Å²) in [6.45, 7) is 5.89. The first-order valence-electron chi connectivity index (χ1n) is 8.09. The quantitative estimate of drug-likeness (QED) is 0.631. The molecule has 2 aromatic rings. The van der Waals surface area contributed by atoms with E-state index in [1.54, 1.807) is 13.0 Å². The first-order valence-corrected chi connectivity index (χ1v) is 9.99. The van der Waals surface area contributed by atoms with Crippen LogP contribution in [0, 0.1) is 6.92 Å². The molecule has 0 saturated carbocycles. The average Bonchev–Trinajstić information content (AvgIpc) is 2.52. The van der Waals surface area contributed by atoms with Crippen LogP contribution in [0.3, 0.4) is 0 Å². The van der Waals surface area contributed by atoms with Crippen molar-refractivity contribution in [2.75, 3.05) is 6.26 Å². The lowest BCUT2D eigenvalue weighted by atomic mass is 9.96. The van der Waals surface area contributed by atoms with Crippen LogP contribution in [0.2, 0.25) is 0 Å². The molecule has 6 nitrogen and oxygen atoms in total. The zero-order valence-corrected chi connectivity index (χ0v) is 16.1. The Morgan fingerprint density at radius 1 is 1.08 bits per heavy atom. The van der Waals surface area contributed by atoms with Gasteiger partial charge in [-0.15, -0.1) is 0 Å². The van der Waals surface area contributed by atoms with E-state index in [0.717, 1.165) is 17.4 Å². The predicted molar refractivity (Wildman–Crippen MR) is 104 cm³/mol. The highest BCUT2D eigenvalue weighted by molar-refractivity contribution is 7.90. The number of nitrogens with zero attached hydrogens (tertiary/aromatic N) is 1. The van der Waals surface area contributed by atoms with Gasteiger partial charge in [0.15, 0.2) is 15.8 Å². The first kappa shape index (κ1) is 19.7. The number of carbonyl (C=O) groups excluding carboxylic acids is 1. The molecule has 0 radical (unpaired) electrons. The highest BCUT2D eigenvalue weighted by Gasteiger charge is 2.20. The lowest BCUT2D eigenvalue weighted by Crippen LogP contribution is -2.24. The molecule has 0 heterocycles. The van der Waals surface area contributed by atoms with Gasteiger partial charge >= 0.3 is 0 Å². The SMILES string of the molecule is Cc1cc(-c2ccc(C(C)C)cc2)c(S(C)(=O)=O)cc1C(=O)N=C(N)N. The number of hydrogen-bond donors (Lipinski definition) is 2. The number of nitrogens with two attached hydrogens (primary N) is 2. The number of amides is 1. The van der Waals surface area contributed by atoms with Crippen LogP contribution in [0.25, 0.3) is 11.1 Å². The standard InChI is InChI=1S/C19H23N3O3S/c1-11(2)13-5-7-14(8-6-13)16-9-12(3)15(18(23)22-19(20)21)10-17(16)26(4,24)25/h5-11H,1-4H3,(H4,20,21,22,23). The molecule has 0 atom stereocenters. The van der Waals surface area contributed by atoms with E-state index in [2.05, 4.69) is 18.8 Å². The first-order chi connectivity index (χ1) is 12.0. The monoisotopic (exact) mass is 373 g/mol. The van der Waals surface area contributed by atoms with Crippen molar-refractivity contribution in [1.82, 2.24) is 0 Å². The molecule has 7 heteroatoms. The van der Waals surface area contributed by atoms with E-state index in [1.165, 1.54) is 6.07 Å². The molecule has 0 aliphatic carbocycles. The van der Waals surface area contributed by atoms with Crippen LogP contribution < -0.4 is 11.5 Å². The molecule has 0 spiro atoms. The van der Waals surface area contributed by atoms with Gasteiger partial charge in [0, 0.05) is 17.4 Å². The van der Waals surface area contributed by atoms with Crippen LogP contribution in [-0.2, 0) is 9.84 Å². The molecule has 0 aliphatic heterocycles. The van der Waals surface area contributed by atoms with Crippen molar-refractivity contribution in [2.45, 2.75) is 31.6 Å². The molecular weight excluding hydrogens is 350 g/mol. The molecule has 26 heavy (non-hydrogen) atoms. The number of carbonyl (C=O) groups is 1. The number of sulfone groups is 1. The highest BCUT2D eigenvalue weighted by Crippen LogP contribution is 2.31. The second-order valence-electron chi connectivity index (χ2n) is 6.55. The smallest absolute Gasteiger partial charge is 0.280 e. The number of rotatable bonds is 4. The Labute approximate surface area is 153 Å². The second kappa shape index (κ2) is 7.29. The normalized spacial score (nSPS) is 11.4. The molecule has 1 amide bonds. The summed E-state index contributed by atoms with van der Waals surface area (Å²) in [5.41, 5.74) is 13.7. The molecule has 4 N–H and O–H groups in total. The third-order valence-corrected chi connectivity index (χ3v) is 5.21. The van der Waals surface area contributed by atoms with Crippen molar-refractivity contribution in [3.05, 3.63) is 53.1 Å². The van der Waals surface area contributed by atoms with Crippen molar-refractivity contribution in [2.24, 2.45) is 16.5 Å². The van der Waals surface area contributed by atoms with Crippen molar-refractivity contribution in [3.63, 3.8) is 0 Å². The zero-order chi connectivity index (χ0) is 19.6. The Balaban J connectivity index is 2.68.